The molecule has 0 radical (unpaired) electrons. The number of likely N-dealkylation sites (tertiary alicyclic amines) is 1. The maximum absolute atomic E-state index is 11.9. The molecule has 0 spiro atoms. The van der Waals surface area contributed by atoms with Crippen LogP contribution in [0.1, 0.15) is 63.6 Å². The molecule has 2 heterocycles. The number of nitrogens with zero attached hydrogens (tertiary/aromatic N) is 2. The second kappa shape index (κ2) is 6.86. The van der Waals surface area contributed by atoms with Crippen LogP contribution < -0.4 is 5.43 Å². The van der Waals surface area contributed by atoms with Crippen molar-refractivity contribution in [1.82, 2.24) is 9.47 Å². The summed E-state index contributed by atoms with van der Waals surface area (Å²) < 4.78 is 2.20. The zero-order chi connectivity index (χ0) is 15.5. The van der Waals surface area contributed by atoms with E-state index in [2.05, 4.69) is 16.4 Å². The SMILES string of the molecule is CC1CCCCC1n1cc(O)c(=O)cc1CN1CCCCC1. The fourth-order valence-electron chi connectivity index (χ4n) is 4.07. The minimum atomic E-state index is -0.244. The van der Waals surface area contributed by atoms with Gasteiger partial charge >= 0.3 is 0 Å². The number of piperidine rings is 1. The summed E-state index contributed by atoms with van der Waals surface area (Å²) in [6.07, 6.45) is 10.4. The van der Waals surface area contributed by atoms with Crippen LogP contribution in [0.5, 0.6) is 5.75 Å². The Bertz CT molecular complexity index is 561. The normalized spacial score (nSPS) is 27.0. The summed E-state index contributed by atoms with van der Waals surface area (Å²) in [5, 5.41) is 9.90. The van der Waals surface area contributed by atoms with Gasteiger partial charge in [-0.1, -0.05) is 26.2 Å². The Morgan fingerprint density at radius 3 is 2.59 bits per heavy atom. The number of aromatic nitrogens is 1. The molecule has 1 saturated carbocycles. The highest BCUT2D eigenvalue weighted by Crippen LogP contribution is 2.35. The fourth-order valence-corrected chi connectivity index (χ4v) is 4.07. The van der Waals surface area contributed by atoms with E-state index in [1.54, 1.807) is 12.3 Å². The molecule has 2 aliphatic rings. The minimum absolute atomic E-state index is 0.111. The first kappa shape index (κ1) is 15.6. The van der Waals surface area contributed by atoms with Gasteiger partial charge in [-0.2, -0.15) is 0 Å². The third-order valence-electron chi connectivity index (χ3n) is 5.40. The average molecular weight is 304 g/mol. The zero-order valence-corrected chi connectivity index (χ0v) is 13.6. The summed E-state index contributed by atoms with van der Waals surface area (Å²) in [5.41, 5.74) is 0.829. The van der Waals surface area contributed by atoms with Gasteiger partial charge in [0.25, 0.3) is 0 Å². The summed E-state index contributed by atoms with van der Waals surface area (Å²) in [5.74, 6) is 0.496. The van der Waals surface area contributed by atoms with E-state index in [9.17, 15) is 9.90 Å². The number of pyridine rings is 1. The van der Waals surface area contributed by atoms with Crippen LogP contribution in [0.2, 0.25) is 0 Å². The van der Waals surface area contributed by atoms with E-state index in [1.165, 1.54) is 38.5 Å². The van der Waals surface area contributed by atoms with E-state index < -0.39 is 0 Å². The van der Waals surface area contributed by atoms with E-state index >= 15 is 0 Å². The number of rotatable bonds is 3. The maximum atomic E-state index is 11.9. The third kappa shape index (κ3) is 3.37. The first-order valence-electron chi connectivity index (χ1n) is 8.81. The lowest BCUT2D eigenvalue weighted by Crippen LogP contribution is -2.33. The van der Waals surface area contributed by atoms with E-state index in [0.717, 1.165) is 31.7 Å². The summed E-state index contributed by atoms with van der Waals surface area (Å²) in [6.45, 7) is 5.37. The Kier molecular flexibility index (Phi) is 4.87. The molecule has 22 heavy (non-hydrogen) atoms. The van der Waals surface area contributed by atoms with Crippen molar-refractivity contribution in [2.24, 2.45) is 5.92 Å². The van der Waals surface area contributed by atoms with E-state index in [4.69, 9.17) is 0 Å². The van der Waals surface area contributed by atoms with Crippen LogP contribution in [0.15, 0.2) is 17.1 Å². The van der Waals surface area contributed by atoms with E-state index in [0.29, 0.717) is 12.0 Å². The largest absolute Gasteiger partial charge is 0.503 e. The van der Waals surface area contributed by atoms with Crippen molar-refractivity contribution >= 4 is 0 Å². The van der Waals surface area contributed by atoms with Crippen molar-refractivity contribution in [1.29, 1.82) is 0 Å². The summed E-state index contributed by atoms with van der Waals surface area (Å²) in [7, 11) is 0. The average Bonchev–Trinajstić information content (AvgIpc) is 2.52. The molecule has 2 unspecified atom stereocenters. The van der Waals surface area contributed by atoms with Gasteiger partial charge in [0.1, 0.15) is 0 Å². The van der Waals surface area contributed by atoms with Crippen LogP contribution in [0.3, 0.4) is 0 Å². The quantitative estimate of drug-likeness (QED) is 0.932. The van der Waals surface area contributed by atoms with Crippen molar-refractivity contribution in [2.45, 2.75) is 64.5 Å². The number of aromatic hydroxyl groups is 1. The lowest BCUT2D eigenvalue weighted by Gasteiger charge is -2.34. The van der Waals surface area contributed by atoms with Crippen molar-refractivity contribution in [3.8, 4) is 5.75 Å². The van der Waals surface area contributed by atoms with Gasteiger partial charge in [-0.05, 0) is 44.7 Å². The van der Waals surface area contributed by atoms with E-state index in [-0.39, 0.29) is 11.2 Å². The Balaban J connectivity index is 1.89. The molecule has 122 valence electrons. The molecular weight excluding hydrogens is 276 g/mol. The Hall–Kier alpha value is -1.29. The zero-order valence-electron chi connectivity index (χ0n) is 13.6. The highest BCUT2D eigenvalue weighted by atomic mass is 16.3. The second-order valence-corrected chi connectivity index (χ2v) is 7.09. The third-order valence-corrected chi connectivity index (χ3v) is 5.40. The van der Waals surface area contributed by atoms with Gasteiger partial charge in [-0.3, -0.25) is 9.69 Å². The molecule has 0 amide bonds. The Morgan fingerprint density at radius 1 is 1.14 bits per heavy atom. The second-order valence-electron chi connectivity index (χ2n) is 7.09. The maximum Gasteiger partial charge on any atom is 0.223 e. The molecule has 0 aromatic carbocycles. The standard InChI is InChI=1S/C18H28N2O2/c1-14-7-3-4-8-16(14)20-13-18(22)17(21)11-15(20)12-19-9-5-2-6-10-19/h11,13-14,16,22H,2-10,12H2,1H3. The smallest absolute Gasteiger partial charge is 0.223 e. The van der Waals surface area contributed by atoms with Crippen LogP contribution in [-0.4, -0.2) is 27.7 Å². The minimum Gasteiger partial charge on any atom is -0.503 e. The molecule has 1 aliphatic carbocycles. The van der Waals surface area contributed by atoms with Crippen molar-refractivity contribution in [3.63, 3.8) is 0 Å². The predicted octanol–water partition coefficient (Wildman–Crippen LogP) is 3.29. The van der Waals surface area contributed by atoms with Gasteiger partial charge < -0.3 is 9.67 Å². The van der Waals surface area contributed by atoms with Gasteiger partial charge in [0.2, 0.25) is 5.43 Å². The van der Waals surface area contributed by atoms with Crippen LogP contribution in [0.25, 0.3) is 0 Å². The highest BCUT2D eigenvalue weighted by Gasteiger charge is 2.25. The summed E-state index contributed by atoms with van der Waals surface area (Å²) >= 11 is 0. The molecule has 1 saturated heterocycles. The lowest BCUT2D eigenvalue weighted by molar-refractivity contribution is 0.200. The van der Waals surface area contributed by atoms with Gasteiger partial charge in [0.05, 0.1) is 6.20 Å². The molecular formula is C18H28N2O2. The van der Waals surface area contributed by atoms with Crippen LogP contribution >= 0.6 is 0 Å². The molecule has 0 bridgehead atoms. The molecule has 1 aromatic heterocycles. The van der Waals surface area contributed by atoms with Gasteiger partial charge in [-0.25, -0.2) is 0 Å². The van der Waals surface area contributed by atoms with Crippen molar-refractivity contribution < 1.29 is 5.11 Å². The topological polar surface area (TPSA) is 45.5 Å². The Morgan fingerprint density at radius 2 is 1.86 bits per heavy atom. The molecule has 2 fully saturated rings. The van der Waals surface area contributed by atoms with Crippen molar-refractivity contribution in [3.05, 3.63) is 28.2 Å². The van der Waals surface area contributed by atoms with Crippen LogP contribution in [-0.2, 0) is 6.54 Å². The number of hydrogen-bond acceptors (Lipinski definition) is 3. The predicted molar refractivity (Wildman–Crippen MR) is 88.2 cm³/mol. The van der Waals surface area contributed by atoms with Crippen LogP contribution in [0, 0.1) is 5.92 Å². The lowest BCUT2D eigenvalue weighted by atomic mass is 9.85. The molecule has 4 heteroatoms. The highest BCUT2D eigenvalue weighted by molar-refractivity contribution is 5.21. The molecule has 4 nitrogen and oxygen atoms in total. The van der Waals surface area contributed by atoms with Gasteiger partial charge in [0, 0.05) is 24.3 Å². The van der Waals surface area contributed by atoms with Crippen molar-refractivity contribution in [2.75, 3.05) is 13.1 Å². The van der Waals surface area contributed by atoms with Gasteiger partial charge in [-0.15, -0.1) is 0 Å². The summed E-state index contributed by atoms with van der Waals surface area (Å²) in [6, 6.07) is 2.07. The molecule has 3 rings (SSSR count). The fraction of sp³-hybridized carbons (Fsp3) is 0.722. The molecule has 2 atom stereocenters. The van der Waals surface area contributed by atoms with Crippen LogP contribution in [0.4, 0.5) is 0 Å². The molecule has 1 aromatic rings. The first-order valence-corrected chi connectivity index (χ1v) is 8.81. The monoisotopic (exact) mass is 304 g/mol. The van der Waals surface area contributed by atoms with Gasteiger partial charge in [0.15, 0.2) is 5.75 Å². The first-order chi connectivity index (χ1) is 10.6. The molecule has 1 aliphatic heterocycles. The Labute approximate surface area is 132 Å². The molecule has 1 N–H and O–H groups in total. The number of hydrogen-bond donors (Lipinski definition) is 1. The summed E-state index contributed by atoms with van der Waals surface area (Å²) in [4.78, 5) is 14.4. The van der Waals surface area contributed by atoms with E-state index in [1.807, 2.05) is 0 Å².